The molecule has 5 rings (SSSR count). The molecule has 130 valence electrons. The van der Waals surface area contributed by atoms with Crippen molar-refractivity contribution in [2.75, 3.05) is 0 Å². The van der Waals surface area contributed by atoms with Gasteiger partial charge in [0, 0.05) is 17.9 Å². The number of nitrogens with zero attached hydrogens (tertiary/aromatic N) is 6. The minimum atomic E-state index is 0.362. The summed E-state index contributed by atoms with van der Waals surface area (Å²) in [6.45, 7) is 5.74. The molecular formula is C19H19N7. The Kier molecular flexibility index (Phi) is 3.19. The van der Waals surface area contributed by atoms with E-state index < -0.39 is 0 Å². The topological polar surface area (TPSA) is 85.2 Å². The lowest BCUT2D eigenvalue weighted by molar-refractivity contribution is 0.777. The zero-order valence-electron chi connectivity index (χ0n) is 14.9. The highest BCUT2D eigenvalue weighted by atomic mass is 15.4. The van der Waals surface area contributed by atoms with Crippen molar-refractivity contribution in [3.8, 4) is 5.82 Å². The highest BCUT2D eigenvalue weighted by Gasteiger charge is 2.43. The van der Waals surface area contributed by atoms with Crippen molar-refractivity contribution in [1.82, 2.24) is 34.7 Å². The van der Waals surface area contributed by atoms with Crippen LogP contribution in [0.15, 0.2) is 30.3 Å². The molecule has 1 aromatic carbocycles. The van der Waals surface area contributed by atoms with Crippen molar-refractivity contribution >= 4 is 11.0 Å². The van der Waals surface area contributed by atoms with E-state index in [2.05, 4.69) is 31.1 Å². The third-order valence-corrected chi connectivity index (χ3v) is 4.87. The minimum Gasteiger partial charge on any atom is -0.342 e. The number of H-pyrrole nitrogens is 1. The number of benzene rings is 1. The third kappa shape index (κ3) is 2.47. The van der Waals surface area contributed by atoms with Gasteiger partial charge in [0.25, 0.3) is 0 Å². The summed E-state index contributed by atoms with van der Waals surface area (Å²) in [7, 11) is 0. The average molecular weight is 345 g/mol. The molecule has 3 aromatic heterocycles. The molecule has 1 saturated carbocycles. The lowest BCUT2D eigenvalue weighted by Crippen LogP contribution is -2.06. The molecule has 0 amide bonds. The third-order valence-electron chi connectivity index (χ3n) is 4.87. The first-order valence-corrected chi connectivity index (χ1v) is 8.79. The molecule has 0 bridgehead atoms. The van der Waals surface area contributed by atoms with Crippen molar-refractivity contribution in [2.45, 2.75) is 39.0 Å². The van der Waals surface area contributed by atoms with E-state index in [1.807, 2.05) is 45.0 Å². The van der Waals surface area contributed by atoms with E-state index in [0.29, 0.717) is 11.8 Å². The number of para-hydroxylation sites is 2. The summed E-state index contributed by atoms with van der Waals surface area (Å²) in [5.41, 5.74) is 3.15. The molecule has 4 aromatic rings. The van der Waals surface area contributed by atoms with Crippen LogP contribution in [-0.4, -0.2) is 34.7 Å². The van der Waals surface area contributed by atoms with Gasteiger partial charge in [-0.3, -0.25) is 0 Å². The van der Waals surface area contributed by atoms with Crippen LogP contribution in [-0.2, 0) is 0 Å². The fraction of sp³-hybridized carbons (Fsp3) is 0.316. The molecule has 0 radical (unpaired) electrons. The molecule has 0 spiro atoms. The maximum atomic E-state index is 4.74. The standard InChI is InChI=1S/C19H19N7/c1-10-21-17(9-18(22-10)26-12(3)20-11(2)25-26)13-8-14(13)19-23-15-6-4-5-7-16(15)24-19/h4-7,9,13-14H,8H2,1-3H3,(H,23,24)/t13-,14-/m0/s1. The quantitative estimate of drug-likeness (QED) is 0.616. The van der Waals surface area contributed by atoms with E-state index in [1.54, 1.807) is 4.68 Å². The molecule has 0 saturated heterocycles. The van der Waals surface area contributed by atoms with Gasteiger partial charge in [0.1, 0.15) is 23.3 Å². The maximum Gasteiger partial charge on any atom is 0.159 e. The Bertz CT molecular complexity index is 1090. The van der Waals surface area contributed by atoms with Crippen molar-refractivity contribution in [3.05, 3.63) is 59.3 Å². The van der Waals surface area contributed by atoms with E-state index in [0.717, 1.165) is 52.3 Å². The number of aryl methyl sites for hydroxylation is 3. The van der Waals surface area contributed by atoms with E-state index in [9.17, 15) is 0 Å². The molecular weight excluding hydrogens is 326 g/mol. The molecule has 7 nitrogen and oxygen atoms in total. The molecule has 3 heterocycles. The summed E-state index contributed by atoms with van der Waals surface area (Å²) >= 11 is 0. The summed E-state index contributed by atoms with van der Waals surface area (Å²) < 4.78 is 1.78. The Hall–Kier alpha value is -3.09. The lowest BCUT2D eigenvalue weighted by atomic mass is 10.2. The smallest absolute Gasteiger partial charge is 0.159 e. The SMILES string of the molecule is Cc1nc([C@H]2C[C@@H]2c2nc3ccccc3[nH]2)cc(-n2nc(C)nc2C)n1. The number of nitrogens with one attached hydrogen (secondary N) is 1. The molecule has 1 fully saturated rings. The Labute approximate surface area is 150 Å². The molecule has 7 heteroatoms. The minimum absolute atomic E-state index is 0.362. The van der Waals surface area contributed by atoms with E-state index in [-0.39, 0.29) is 0 Å². The highest BCUT2D eigenvalue weighted by Crippen LogP contribution is 2.53. The maximum absolute atomic E-state index is 4.74. The lowest BCUT2D eigenvalue weighted by Gasteiger charge is -2.06. The Morgan fingerprint density at radius 1 is 0.962 bits per heavy atom. The summed E-state index contributed by atoms with van der Waals surface area (Å²) in [4.78, 5) is 21.8. The largest absolute Gasteiger partial charge is 0.342 e. The van der Waals surface area contributed by atoms with Crippen LogP contribution in [0, 0.1) is 20.8 Å². The van der Waals surface area contributed by atoms with Gasteiger partial charge in [0.15, 0.2) is 5.82 Å². The summed E-state index contributed by atoms with van der Waals surface area (Å²) in [5.74, 6) is 4.88. The van der Waals surface area contributed by atoms with E-state index in [1.165, 1.54) is 0 Å². The van der Waals surface area contributed by atoms with Crippen LogP contribution in [0.1, 0.15) is 47.2 Å². The summed E-state index contributed by atoms with van der Waals surface area (Å²) in [6, 6.07) is 10.2. The Morgan fingerprint density at radius 2 is 1.81 bits per heavy atom. The van der Waals surface area contributed by atoms with Gasteiger partial charge in [0.2, 0.25) is 0 Å². The van der Waals surface area contributed by atoms with Gasteiger partial charge in [-0.05, 0) is 39.3 Å². The predicted octanol–water partition coefficient (Wildman–Crippen LogP) is 3.13. The Balaban J connectivity index is 1.48. The number of rotatable bonds is 3. The first-order valence-electron chi connectivity index (χ1n) is 8.79. The van der Waals surface area contributed by atoms with Gasteiger partial charge in [-0.2, -0.15) is 4.68 Å². The van der Waals surface area contributed by atoms with Crippen molar-refractivity contribution in [3.63, 3.8) is 0 Å². The average Bonchev–Trinajstić information content (AvgIpc) is 3.18. The molecule has 0 aliphatic heterocycles. The number of hydrogen-bond donors (Lipinski definition) is 1. The first kappa shape index (κ1) is 15.2. The fourth-order valence-corrected chi connectivity index (χ4v) is 3.58. The van der Waals surface area contributed by atoms with Gasteiger partial charge in [-0.15, -0.1) is 5.10 Å². The van der Waals surface area contributed by atoms with Crippen molar-refractivity contribution in [2.24, 2.45) is 0 Å². The van der Waals surface area contributed by atoms with Gasteiger partial charge in [-0.1, -0.05) is 12.1 Å². The summed E-state index contributed by atoms with van der Waals surface area (Å²) in [6.07, 6.45) is 1.05. The molecule has 2 atom stereocenters. The normalized spacial score (nSPS) is 19.2. The zero-order valence-corrected chi connectivity index (χ0v) is 14.9. The molecule has 26 heavy (non-hydrogen) atoms. The number of imidazole rings is 1. The first-order chi connectivity index (χ1) is 12.6. The van der Waals surface area contributed by atoms with Gasteiger partial charge >= 0.3 is 0 Å². The number of aromatic nitrogens is 7. The van der Waals surface area contributed by atoms with Gasteiger partial charge in [0.05, 0.1) is 16.7 Å². The molecule has 1 N–H and O–H groups in total. The molecule has 1 aliphatic rings. The van der Waals surface area contributed by atoms with Crippen molar-refractivity contribution < 1.29 is 0 Å². The van der Waals surface area contributed by atoms with Gasteiger partial charge in [-0.25, -0.2) is 19.9 Å². The molecule has 1 aliphatic carbocycles. The highest BCUT2D eigenvalue weighted by molar-refractivity contribution is 5.75. The number of aromatic amines is 1. The fourth-order valence-electron chi connectivity index (χ4n) is 3.58. The Morgan fingerprint density at radius 3 is 2.58 bits per heavy atom. The van der Waals surface area contributed by atoms with E-state index >= 15 is 0 Å². The monoisotopic (exact) mass is 345 g/mol. The van der Waals surface area contributed by atoms with Crippen LogP contribution in [0.3, 0.4) is 0 Å². The number of hydrogen-bond acceptors (Lipinski definition) is 5. The second-order valence-electron chi connectivity index (χ2n) is 6.90. The summed E-state index contributed by atoms with van der Waals surface area (Å²) in [5, 5.41) is 4.45. The van der Waals surface area contributed by atoms with Crippen LogP contribution >= 0.6 is 0 Å². The van der Waals surface area contributed by atoms with Crippen LogP contribution < -0.4 is 0 Å². The van der Waals surface area contributed by atoms with Crippen LogP contribution in [0.25, 0.3) is 16.9 Å². The van der Waals surface area contributed by atoms with Crippen LogP contribution in [0.2, 0.25) is 0 Å². The van der Waals surface area contributed by atoms with E-state index in [4.69, 9.17) is 4.98 Å². The van der Waals surface area contributed by atoms with Crippen LogP contribution in [0.4, 0.5) is 0 Å². The second-order valence-corrected chi connectivity index (χ2v) is 6.90. The second kappa shape index (κ2) is 5.45. The zero-order chi connectivity index (χ0) is 17.8. The van der Waals surface area contributed by atoms with Gasteiger partial charge < -0.3 is 4.98 Å². The van der Waals surface area contributed by atoms with Crippen molar-refractivity contribution in [1.29, 1.82) is 0 Å². The van der Waals surface area contributed by atoms with Crippen LogP contribution in [0.5, 0.6) is 0 Å². The molecule has 0 unspecified atom stereocenters. The number of fused-ring (bicyclic) bond motifs is 1. The predicted molar refractivity (Wildman–Crippen MR) is 97.4 cm³/mol.